The van der Waals surface area contributed by atoms with Gasteiger partial charge >= 0.3 is 6.18 Å². The number of alkyl halides is 3. The Balaban J connectivity index is 2.62. The number of amidine groups is 1. The van der Waals surface area contributed by atoms with Gasteiger partial charge in [-0.25, -0.2) is 9.98 Å². The first-order chi connectivity index (χ1) is 13.2. The van der Waals surface area contributed by atoms with E-state index in [1.54, 1.807) is 6.92 Å². The van der Waals surface area contributed by atoms with Crippen LogP contribution in [0.1, 0.15) is 31.5 Å². The summed E-state index contributed by atoms with van der Waals surface area (Å²) in [6.07, 6.45) is -1.04. The molecule has 1 saturated heterocycles. The first-order valence-electron chi connectivity index (χ1n) is 8.91. The number of aliphatic imine (C=N–C) groups is 1. The molecular formula is C19H24F3N5O. The zero-order valence-corrected chi connectivity index (χ0v) is 15.8. The van der Waals surface area contributed by atoms with Gasteiger partial charge in [0.25, 0.3) is 0 Å². The Labute approximate surface area is 162 Å². The summed E-state index contributed by atoms with van der Waals surface area (Å²) < 4.78 is 40.6. The molecule has 1 fully saturated rings. The van der Waals surface area contributed by atoms with Gasteiger partial charge in [-0.15, -0.1) is 0 Å². The summed E-state index contributed by atoms with van der Waals surface area (Å²) >= 11 is 0. The van der Waals surface area contributed by atoms with Gasteiger partial charge in [-0.05, 0) is 32.2 Å². The predicted octanol–water partition coefficient (Wildman–Crippen LogP) is 3.81. The largest absolute Gasteiger partial charge is 0.505 e. The summed E-state index contributed by atoms with van der Waals surface area (Å²) in [5, 5.41) is 21.7. The molecule has 1 atom stereocenters. The van der Waals surface area contributed by atoms with Crippen LogP contribution in [0.25, 0.3) is 5.76 Å². The smallest absolute Gasteiger partial charge is 0.418 e. The standard InChI is InChI=1S/C19H24F3N5O/c1-4-6-13(18(23)24-3)17(28)16-14(19(20,21)22)7-8-15(26-16)27-10-9-25-12(5-2)11-27/h4,6-8,12,23,25,28H,3,5,9-11H2,1-2H3/b6-4-,17-13?,23-18?. The van der Waals surface area contributed by atoms with Crippen molar-refractivity contribution in [2.75, 3.05) is 24.5 Å². The number of nitrogens with zero attached hydrogens (tertiary/aromatic N) is 3. The lowest BCUT2D eigenvalue weighted by molar-refractivity contribution is -0.138. The molecule has 0 spiro atoms. The maximum Gasteiger partial charge on any atom is 0.418 e. The number of rotatable bonds is 5. The van der Waals surface area contributed by atoms with Crippen molar-refractivity contribution in [3.05, 3.63) is 41.1 Å². The average Bonchev–Trinajstić information content (AvgIpc) is 2.69. The number of aliphatic hydroxyl groups is 1. The van der Waals surface area contributed by atoms with Crippen molar-refractivity contribution >= 4 is 24.1 Å². The van der Waals surface area contributed by atoms with Gasteiger partial charge in [-0.1, -0.05) is 19.1 Å². The molecule has 0 aliphatic carbocycles. The van der Waals surface area contributed by atoms with Gasteiger partial charge in [0, 0.05) is 25.7 Å². The van der Waals surface area contributed by atoms with E-state index in [1.807, 2.05) is 11.8 Å². The molecule has 1 unspecified atom stereocenters. The van der Waals surface area contributed by atoms with Crippen LogP contribution in [0.5, 0.6) is 0 Å². The normalized spacial score (nSPS) is 18.9. The van der Waals surface area contributed by atoms with Crippen molar-refractivity contribution in [2.24, 2.45) is 4.99 Å². The zero-order chi connectivity index (χ0) is 20.9. The Hall–Kier alpha value is -2.68. The number of nitrogens with one attached hydrogen (secondary N) is 2. The van der Waals surface area contributed by atoms with Crippen molar-refractivity contribution < 1.29 is 18.3 Å². The third-order valence-corrected chi connectivity index (χ3v) is 4.48. The molecule has 2 rings (SSSR count). The molecule has 0 saturated carbocycles. The molecule has 3 N–H and O–H groups in total. The lowest BCUT2D eigenvalue weighted by atomic mass is 10.1. The third-order valence-electron chi connectivity index (χ3n) is 4.48. The Morgan fingerprint density at radius 3 is 2.79 bits per heavy atom. The van der Waals surface area contributed by atoms with E-state index in [1.165, 1.54) is 18.2 Å². The Bertz CT molecular complexity index is 801. The van der Waals surface area contributed by atoms with Crippen LogP contribution in [0, 0.1) is 5.41 Å². The predicted molar refractivity (Wildman–Crippen MR) is 105 cm³/mol. The Morgan fingerprint density at radius 2 is 2.21 bits per heavy atom. The number of pyridine rings is 1. The average molecular weight is 395 g/mol. The lowest BCUT2D eigenvalue weighted by Crippen LogP contribution is -2.50. The molecule has 1 aromatic rings. The highest BCUT2D eigenvalue weighted by Crippen LogP contribution is 2.36. The van der Waals surface area contributed by atoms with Crippen molar-refractivity contribution in [2.45, 2.75) is 32.5 Å². The fraction of sp³-hybridized carbons (Fsp3) is 0.421. The second kappa shape index (κ2) is 9.01. The van der Waals surface area contributed by atoms with Crippen LogP contribution in [0.2, 0.25) is 0 Å². The van der Waals surface area contributed by atoms with Crippen LogP contribution < -0.4 is 10.2 Å². The van der Waals surface area contributed by atoms with Crippen molar-refractivity contribution in [3.8, 4) is 0 Å². The molecule has 1 aliphatic rings. The van der Waals surface area contributed by atoms with Gasteiger partial charge in [0.1, 0.15) is 11.5 Å². The fourth-order valence-electron chi connectivity index (χ4n) is 2.99. The van der Waals surface area contributed by atoms with E-state index in [0.29, 0.717) is 25.5 Å². The number of piperazine rings is 1. The highest BCUT2D eigenvalue weighted by Gasteiger charge is 2.36. The van der Waals surface area contributed by atoms with Crippen LogP contribution >= 0.6 is 0 Å². The number of aromatic nitrogens is 1. The van der Waals surface area contributed by atoms with Crippen LogP contribution in [-0.2, 0) is 6.18 Å². The summed E-state index contributed by atoms with van der Waals surface area (Å²) in [4.78, 5) is 9.43. The van der Waals surface area contributed by atoms with E-state index in [9.17, 15) is 18.3 Å². The maximum atomic E-state index is 13.5. The quantitative estimate of drug-likeness (QED) is 0.306. The highest BCUT2D eigenvalue weighted by molar-refractivity contribution is 6.06. The molecule has 1 aromatic heterocycles. The van der Waals surface area contributed by atoms with Gasteiger partial charge in [-0.3, -0.25) is 5.41 Å². The van der Waals surface area contributed by atoms with Gasteiger partial charge in [0.05, 0.1) is 11.1 Å². The molecule has 0 bridgehead atoms. The molecule has 6 nitrogen and oxygen atoms in total. The zero-order valence-electron chi connectivity index (χ0n) is 15.8. The summed E-state index contributed by atoms with van der Waals surface area (Å²) in [6, 6.07) is 2.43. The molecule has 152 valence electrons. The topological polar surface area (TPSA) is 84.6 Å². The third kappa shape index (κ3) is 4.78. The van der Waals surface area contributed by atoms with Gasteiger partial charge in [0.15, 0.2) is 11.6 Å². The summed E-state index contributed by atoms with van der Waals surface area (Å²) in [5.74, 6) is -0.858. The number of allylic oxidation sites excluding steroid dienone is 1. The maximum absolute atomic E-state index is 13.5. The van der Waals surface area contributed by atoms with Crippen molar-refractivity contribution in [3.63, 3.8) is 0 Å². The molecule has 0 aromatic carbocycles. The lowest BCUT2D eigenvalue weighted by Gasteiger charge is -2.34. The molecule has 0 amide bonds. The second-order valence-electron chi connectivity index (χ2n) is 6.34. The van der Waals surface area contributed by atoms with Gasteiger partial charge in [-0.2, -0.15) is 13.2 Å². The van der Waals surface area contributed by atoms with E-state index in [0.717, 1.165) is 12.5 Å². The van der Waals surface area contributed by atoms with Crippen LogP contribution in [0.4, 0.5) is 19.0 Å². The van der Waals surface area contributed by atoms with Crippen LogP contribution in [0.3, 0.4) is 0 Å². The Morgan fingerprint density at radius 1 is 1.50 bits per heavy atom. The van der Waals surface area contributed by atoms with Crippen molar-refractivity contribution in [1.29, 1.82) is 5.41 Å². The van der Waals surface area contributed by atoms with E-state index < -0.39 is 29.0 Å². The Kier molecular flexibility index (Phi) is 6.95. The van der Waals surface area contributed by atoms with Crippen LogP contribution in [-0.4, -0.2) is 48.3 Å². The first kappa shape index (κ1) is 21.6. The number of hydrogen-bond donors (Lipinski definition) is 3. The van der Waals surface area contributed by atoms with Crippen LogP contribution in [0.15, 0.2) is 34.9 Å². The summed E-state index contributed by atoms with van der Waals surface area (Å²) in [6.45, 7) is 8.73. The van der Waals surface area contributed by atoms with Gasteiger partial charge < -0.3 is 15.3 Å². The molecule has 1 aliphatic heterocycles. The van der Waals surface area contributed by atoms with E-state index in [4.69, 9.17) is 5.41 Å². The first-order valence-corrected chi connectivity index (χ1v) is 8.91. The molecule has 2 heterocycles. The van der Waals surface area contributed by atoms with Crippen molar-refractivity contribution in [1.82, 2.24) is 10.3 Å². The second-order valence-corrected chi connectivity index (χ2v) is 6.34. The highest BCUT2D eigenvalue weighted by atomic mass is 19.4. The summed E-state index contributed by atoms with van der Waals surface area (Å²) in [5.41, 5.74) is -1.88. The number of halogens is 3. The molecule has 0 radical (unpaired) electrons. The number of aliphatic hydroxyl groups excluding tert-OH is 1. The SMILES string of the molecule is C=NC(=N)C(/C=C\C)=C(O)c1nc(N2CCNC(CC)C2)ccc1C(F)(F)F. The summed E-state index contributed by atoms with van der Waals surface area (Å²) in [7, 11) is 0. The molecule has 9 heteroatoms. The molecule has 28 heavy (non-hydrogen) atoms. The van der Waals surface area contributed by atoms with E-state index in [2.05, 4.69) is 22.0 Å². The number of anilines is 1. The molecular weight excluding hydrogens is 371 g/mol. The minimum absolute atomic E-state index is 0.181. The van der Waals surface area contributed by atoms with E-state index in [-0.39, 0.29) is 11.6 Å². The minimum Gasteiger partial charge on any atom is -0.505 e. The van der Waals surface area contributed by atoms with Gasteiger partial charge in [0.2, 0.25) is 0 Å². The fourth-order valence-corrected chi connectivity index (χ4v) is 2.99. The van der Waals surface area contributed by atoms with E-state index >= 15 is 0 Å². The minimum atomic E-state index is -4.71. The number of hydrogen-bond acceptors (Lipinski definition) is 5. The monoisotopic (exact) mass is 395 g/mol.